The van der Waals surface area contributed by atoms with Crippen LogP contribution in [0.4, 0.5) is 5.82 Å². The lowest BCUT2D eigenvalue weighted by atomic mass is 9.95. The van der Waals surface area contributed by atoms with Gasteiger partial charge in [0.15, 0.2) is 5.82 Å². The van der Waals surface area contributed by atoms with Crippen LogP contribution >= 0.6 is 11.6 Å². The Balaban J connectivity index is 1.31. The molecule has 0 radical (unpaired) electrons. The standard InChI is InChI=1S/C23H25ClN6O/c24-18-4-5-20-17(11-18)12-29(19-14-31-15-19)13-22-26-27-23(30(20)22)16-6-9-28(10-7-16)21-3-1-2-8-25-21/h1-5,8,11,16,19H,6-7,9-10,12-15H2. The highest BCUT2D eigenvalue weighted by Crippen LogP contribution is 2.35. The highest BCUT2D eigenvalue weighted by Gasteiger charge is 2.34. The third kappa shape index (κ3) is 3.50. The van der Waals surface area contributed by atoms with Gasteiger partial charge in [0.2, 0.25) is 0 Å². The molecule has 1 aromatic carbocycles. The van der Waals surface area contributed by atoms with Gasteiger partial charge in [-0.3, -0.25) is 9.47 Å². The van der Waals surface area contributed by atoms with E-state index >= 15 is 0 Å². The summed E-state index contributed by atoms with van der Waals surface area (Å²) in [6.45, 7) is 5.14. The molecule has 5 heterocycles. The largest absolute Gasteiger partial charge is 0.378 e. The zero-order valence-electron chi connectivity index (χ0n) is 17.3. The van der Waals surface area contributed by atoms with E-state index in [1.165, 1.54) is 5.56 Å². The van der Waals surface area contributed by atoms with Crippen LogP contribution in [0, 0.1) is 0 Å². The van der Waals surface area contributed by atoms with E-state index < -0.39 is 0 Å². The van der Waals surface area contributed by atoms with Crippen molar-refractivity contribution in [1.29, 1.82) is 0 Å². The number of pyridine rings is 1. The van der Waals surface area contributed by atoms with Crippen LogP contribution in [0.2, 0.25) is 5.02 Å². The fraction of sp³-hybridized carbons (Fsp3) is 0.435. The average Bonchev–Trinajstić information content (AvgIpc) is 3.10. The third-order valence-corrected chi connectivity index (χ3v) is 6.96. The van der Waals surface area contributed by atoms with Gasteiger partial charge in [0.1, 0.15) is 11.6 Å². The first-order valence-electron chi connectivity index (χ1n) is 11.0. The molecule has 8 heteroatoms. The van der Waals surface area contributed by atoms with Crippen molar-refractivity contribution >= 4 is 17.4 Å². The molecule has 0 N–H and O–H groups in total. The number of nitrogens with zero attached hydrogens (tertiary/aromatic N) is 6. The highest BCUT2D eigenvalue weighted by molar-refractivity contribution is 6.30. The monoisotopic (exact) mass is 436 g/mol. The Morgan fingerprint density at radius 3 is 2.61 bits per heavy atom. The van der Waals surface area contributed by atoms with Crippen molar-refractivity contribution in [3.63, 3.8) is 0 Å². The molecule has 0 amide bonds. The molecular formula is C23H25ClN6O. The van der Waals surface area contributed by atoms with Crippen molar-refractivity contribution in [3.05, 3.63) is 64.8 Å². The number of rotatable bonds is 3. The molecule has 7 nitrogen and oxygen atoms in total. The lowest BCUT2D eigenvalue weighted by Crippen LogP contribution is -2.48. The van der Waals surface area contributed by atoms with E-state index in [-0.39, 0.29) is 0 Å². The first kappa shape index (κ1) is 19.2. The predicted molar refractivity (Wildman–Crippen MR) is 119 cm³/mol. The lowest BCUT2D eigenvalue weighted by Gasteiger charge is -2.36. The zero-order valence-corrected chi connectivity index (χ0v) is 18.1. The molecule has 6 rings (SSSR count). The predicted octanol–water partition coefficient (Wildman–Crippen LogP) is 3.41. The summed E-state index contributed by atoms with van der Waals surface area (Å²) in [7, 11) is 0. The molecule has 2 saturated heterocycles. The molecule has 3 aliphatic rings. The van der Waals surface area contributed by atoms with Crippen LogP contribution in [0.3, 0.4) is 0 Å². The lowest BCUT2D eigenvalue weighted by molar-refractivity contribution is -0.0715. The Bertz CT molecular complexity index is 1070. The summed E-state index contributed by atoms with van der Waals surface area (Å²) in [5.41, 5.74) is 2.39. The van der Waals surface area contributed by atoms with E-state index in [9.17, 15) is 0 Å². The SMILES string of the molecule is Clc1ccc2c(c1)CN(C1COC1)Cc1nnc(C3CCN(c4ccccn4)CC3)n1-2. The summed E-state index contributed by atoms with van der Waals surface area (Å²) in [5, 5.41) is 10.1. The van der Waals surface area contributed by atoms with Crippen molar-refractivity contribution in [2.45, 2.75) is 37.9 Å². The van der Waals surface area contributed by atoms with Crippen LogP contribution in [-0.4, -0.2) is 57.0 Å². The zero-order chi connectivity index (χ0) is 20.8. The second-order valence-electron chi connectivity index (χ2n) is 8.63. The maximum Gasteiger partial charge on any atom is 0.151 e. The molecule has 0 unspecified atom stereocenters. The fourth-order valence-corrected chi connectivity index (χ4v) is 5.11. The second-order valence-corrected chi connectivity index (χ2v) is 9.06. The highest BCUT2D eigenvalue weighted by atomic mass is 35.5. The maximum absolute atomic E-state index is 6.37. The number of hydrogen-bond acceptors (Lipinski definition) is 6. The number of halogens is 1. The molecule has 0 aliphatic carbocycles. The van der Waals surface area contributed by atoms with Crippen LogP contribution in [0.1, 0.15) is 36.0 Å². The minimum atomic E-state index is 0.378. The normalized spacial score (nSPS) is 20.1. The molecule has 0 spiro atoms. The topological polar surface area (TPSA) is 59.3 Å². The number of benzene rings is 1. The smallest absolute Gasteiger partial charge is 0.151 e. The van der Waals surface area contributed by atoms with E-state index in [0.29, 0.717) is 12.0 Å². The Kier molecular flexibility index (Phi) is 4.89. The molecule has 0 saturated carbocycles. The third-order valence-electron chi connectivity index (χ3n) is 6.73. The van der Waals surface area contributed by atoms with Crippen LogP contribution < -0.4 is 4.90 Å². The summed E-state index contributed by atoms with van der Waals surface area (Å²) in [6, 6.07) is 12.7. The van der Waals surface area contributed by atoms with Crippen molar-refractivity contribution in [3.8, 4) is 5.69 Å². The number of aromatic nitrogens is 4. The summed E-state index contributed by atoms with van der Waals surface area (Å²) in [4.78, 5) is 9.32. The van der Waals surface area contributed by atoms with Gasteiger partial charge in [-0.2, -0.15) is 0 Å². The van der Waals surface area contributed by atoms with E-state index in [1.807, 2.05) is 24.4 Å². The maximum atomic E-state index is 6.37. The molecule has 2 aromatic heterocycles. The molecule has 2 fully saturated rings. The molecule has 3 aliphatic heterocycles. The minimum Gasteiger partial charge on any atom is -0.378 e. The van der Waals surface area contributed by atoms with Gasteiger partial charge in [0.05, 0.1) is 31.5 Å². The molecule has 3 aromatic rings. The Labute approximate surface area is 186 Å². The van der Waals surface area contributed by atoms with Gasteiger partial charge in [-0.05, 0) is 48.7 Å². The summed E-state index contributed by atoms with van der Waals surface area (Å²) < 4.78 is 7.75. The summed E-state index contributed by atoms with van der Waals surface area (Å²) in [6.07, 6.45) is 3.94. The number of piperidine rings is 1. The van der Waals surface area contributed by atoms with Crippen molar-refractivity contribution < 1.29 is 4.74 Å². The molecule has 160 valence electrons. The van der Waals surface area contributed by atoms with Gasteiger partial charge in [-0.15, -0.1) is 10.2 Å². The number of anilines is 1. The van der Waals surface area contributed by atoms with Gasteiger partial charge in [-0.1, -0.05) is 17.7 Å². The second kappa shape index (κ2) is 7.89. The van der Waals surface area contributed by atoms with Gasteiger partial charge in [-0.25, -0.2) is 4.98 Å². The Morgan fingerprint density at radius 1 is 1.00 bits per heavy atom. The molecule has 0 atom stereocenters. The van der Waals surface area contributed by atoms with Crippen LogP contribution in [0.5, 0.6) is 0 Å². The first-order valence-corrected chi connectivity index (χ1v) is 11.3. The molecule has 0 bridgehead atoms. The van der Waals surface area contributed by atoms with E-state index in [4.69, 9.17) is 21.4 Å². The van der Waals surface area contributed by atoms with Crippen molar-refractivity contribution in [2.75, 3.05) is 31.2 Å². The minimum absolute atomic E-state index is 0.378. The van der Waals surface area contributed by atoms with Crippen LogP contribution in [-0.2, 0) is 17.8 Å². The van der Waals surface area contributed by atoms with Crippen molar-refractivity contribution in [1.82, 2.24) is 24.6 Å². The first-order chi connectivity index (χ1) is 15.3. The average molecular weight is 437 g/mol. The van der Waals surface area contributed by atoms with Crippen LogP contribution in [0.25, 0.3) is 5.69 Å². The van der Waals surface area contributed by atoms with Gasteiger partial charge in [0.25, 0.3) is 0 Å². The van der Waals surface area contributed by atoms with Crippen molar-refractivity contribution in [2.24, 2.45) is 0 Å². The van der Waals surface area contributed by atoms with E-state index in [1.54, 1.807) is 0 Å². The van der Waals surface area contributed by atoms with Gasteiger partial charge < -0.3 is 9.64 Å². The summed E-state index contributed by atoms with van der Waals surface area (Å²) >= 11 is 6.37. The Hall–Kier alpha value is -2.48. The number of ether oxygens (including phenoxy) is 1. The summed E-state index contributed by atoms with van der Waals surface area (Å²) in [5.74, 6) is 3.52. The fourth-order valence-electron chi connectivity index (χ4n) is 4.91. The molecule has 31 heavy (non-hydrogen) atoms. The Morgan fingerprint density at radius 2 is 1.87 bits per heavy atom. The van der Waals surface area contributed by atoms with E-state index in [2.05, 4.69) is 42.6 Å². The van der Waals surface area contributed by atoms with E-state index in [0.717, 1.165) is 80.4 Å². The van der Waals surface area contributed by atoms with Crippen LogP contribution in [0.15, 0.2) is 42.6 Å². The number of fused-ring (bicyclic) bond motifs is 3. The molecular weight excluding hydrogens is 412 g/mol. The van der Waals surface area contributed by atoms with Gasteiger partial charge in [0, 0.05) is 36.8 Å². The number of hydrogen-bond donors (Lipinski definition) is 0. The van der Waals surface area contributed by atoms with Gasteiger partial charge >= 0.3 is 0 Å². The quantitative estimate of drug-likeness (QED) is 0.627.